The molecule has 0 amide bonds. The molecule has 6 heteroatoms. The van der Waals surface area contributed by atoms with Crippen LogP contribution in [-0.4, -0.2) is 11.6 Å². The first-order chi connectivity index (χ1) is 9.80. The number of hydrogen-bond donors (Lipinski definition) is 0. The molecule has 0 saturated heterocycles. The summed E-state index contributed by atoms with van der Waals surface area (Å²) in [5.41, 5.74) is 17.4. The van der Waals surface area contributed by atoms with Gasteiger partial charge in [-0.1, -0.05) is 77.0 Å². The summed E-state index contributed by atoms with van der Waals surface area (Å²) in [4.78, 5) is 5.70. The van der Waals surface area contributed by atoms with Gasteiger partial charge in [-0.15, -0.1) is 0 Å². The minimum absolute atomic E-state index is 0.576. The second kappa shape index (κ2) is 6.29. The van der Waals surface area contributed by atoms with E-state index in [1.165, 1.54) is 0 Å². The zero-order valence-electron chi connectivity index (χ0n) is 10.6. The van der Waals surface area contributed by atoms with E-state index in [-0.39, 0.29) is 0 Å². The van der Waals surface area contributed by atoms with Gasteiger partial charge in [0.15, 0.2) is 0 Å². The van der Waals surface area contributed by atoms with Crippen LogP contribution in [0.3, 0.4) is 0 Å². The molecule has 2 atom stereocenters. The van der Waals surface area contributed by atoms with Gasteiger partial charge in [0.25, 0.3) is 0 Å². The second-order valence-corrected chi connectivity index (χ2v) is 4.21. The summed E-state index contributed by atoms with van der Waals surface area (Å²) in [6.07, 6.45) is 10.6. The van der Waals surface area contributed by atoms with E-state index in [0.29, 0.717) is 0 Å². The molecule has 98 valence electrons. The predicted octanol–water partition coefficient (Wildman–Crippen LogP) is 4.55. The van der Waals surface area contributed by atoms with Crippen LogP contribution in [0.2, 0.25) is 0 Å². The highest BCUT2D eigenvalue weighted by atomic mass is 15.2. The predicted molar refractivity (Wildman–Crippen MR) is 78.6 cm³/mol. The molecular formula is C14H12N6. The van der Waals surface area contributed by atoms with Gasteiger partial charge in [0.05, 0.1) is 11.6 Å². The van der Waals surface area contributed by atoms with Crippen molar-refractivity contribution in [2.24, 2.45) is 10.2 Å². The minimum Gasteiger partial charge on any atom is -0.0852 e. The molecule has 0 heterocycles. The maximum absolute atomic E-state index is 8.80. The van der Waals surface area contributed by atoms with Crippen LogP contribution in [0.4, 0.5) is 0 Å². The number of azide groups is 2. The zero-order valence-corrected chi connectivity index (χ0v) is 10.6. The fourth-order valence-corrected chi connectivity index (χ4v) is 1.97. The summed E-state index contributed by atoms with van der Waals surface area (Å²) in [5.74, 6) is 0. The Labute approximate surface area is 116 Å². The molecule has 2 rings (SSSR count). The van der Waals surface area contributed by atoms with Crippen LogP contribution < -0.4 is 0 Å². The van der Waals surface area contributed by atoms with Crippen molar-refractivity contribution in [1.82, 2.24) is 0 Å². The maximum atomic E-state index is 8.80. The fraction of sp³-hybridized carbons (Fsp3) is 0.143. The van der Waals surface area contributed by atoms with Crippen molar-refractivity contribution in [3.05, 3.63) is 87.2 Å². The van der Waals surface area contributed by atoms with Gasteiger partial charge in [0.2, 0.25) is 0 Å². The van der Waals surface area contributed by atoms with Crippen LogP contribution in [-0.2, 0) is 0 Å². The van der Waals surface area contributed by atoms with E-state index < -0.39 is 11.6 Å². The van der Waals surface area contributed by atoms with Gasteiger partial charge < -0.3 is 0 Å². The summed E-state index contributed by atoms with van der Waals surface area (Å²) in [6, 6.07) is 9.06. The van der Waals surface area contributed by atoms with Crippen LogP contribution in [0.15, 0.2) is 70.9 Å². The van der Waals surface area contributed by atoms with Gasteiger partial charge in [-0.2, -0.15) is 0 Å². The lowest BCUT2D eigenvalue weighted by atomic mass is 9.86. The Kier molecular flexibility index (Phi) is 4.24. The third-order valence-corrected chi connectivity index (χ3v) is 2.98. The molecule has 20 heavy (non-hydrogen) atoms. The Balaban J connectivity index is 2.41. The largest absolute Gasteiger partial charge is 0.0973 e. The summed E-state index contributed by atoms with van der Waals surface area (Å²) in [5, 5.41) is 7.52. The first-order valence-corrected chi connectivity index (χ1v) is 6.01. The molecule has 0 radical (unpaired) electrons. The average Bonchev–Trinajstić information content (AvgIpc) is 2.49. The Morgan fingerprint density at radius 1 is 1.10 bits per heavy atom. The number of rotatable bonds is 4. The molecule has 0 aromatic heterocycles. The summed E-state index contributed by atoms with van der Waals surface area (Å²) < 4.78 is 0. The Bertz CT molecular complexity index is 648. The van der Waals surface area contributed by atoms with Crippen molar-refractivity contribution >= 4 is 6.08 Å². The van der Waals surface area contributed by atoms with E-state index in [9.17, 15) is 0 Å². The van der Waals surface area contributed by atoms with Crippen LogP contribution >= 0.6 is 0 Å². The van der Waals surface area contributed by atoms with Crippen LogP contribution in [0, 0.1) is 0 Å². The number of hydrogen-bond acceptors (Lipinski definition) is 2. The molecule has 0 bridgehead atoms. The average molecular weight is 264 g/mol. The van der Waals surface area contributed by atoms with Gasteiger partial charge >= 0.3 is 0 Å². The third kappa shape index (κ3) is 2.90. The highest BCUT2D eigenvalue weighted by Gasteiger charge is 2.32. The van der Waals surface area contributed by atoms with Crippen molar-refractivity contribution < 1.29 is 0 Å². The lowest BCUT2D eigenvalue weighted by molar-refractivity contribution is 0.567. The van der Waals surface area contributed by atoms with Gasteiger partial charge in [0, 0.05) is 9.82 Å². The first-order valence-electron chi connectivity index (χ1n) is 6.01. The molecule has 0 aliphatic heterocycles. The molecule has 1 aliphatic carbocycles. The molecule has 2 unspecified atom stereocenters. The van der Waals surface area contributed by atoms with Crippen LogP contribution in [0.1, 0.15) is 5.56 Å². The fourth-order valence-electron chi connectivity index (χ4n) is 1.97. The summed E-state index contributed by atoms with van der Waals surface area (Å²) in [7, 11) is 0. The van der Waals surface area contributed by atoms with E-state index in [1.54, 1.807) is 30.4 Å². The van der Waals surface area contributed by atoms with Gasteiger partial charge in [0.1, 0.15) is 0 Å². The first kappa shape index (κ1) is 13.5. The number of nitrogens with zero attached hydrogens (tertiary/aromatic N) is 6. The van der Waals surface area contributed by atoms with Crippen molar-refractivity contribution in [2.45, 2.75) is 11.6 Å². The highest BCUT2D eigenvalue weighted by molar-refractivity contribution is 5.53. The number of benzene rings is 1. The van der Waals surface area contributed by atoms with E-state index in [1.807, 2.05) is 36.4 Å². The van der Waals surface area contributed by atoms with Gasteiger partial charge in [-0.05, 0) is 16.6 Å². The van der Waals surface area contributed by atoms with E-state index in [4.69, 9.17) is 11.1 Å². The maximum Gasteiger partial charge on any atom is 0.0973 e. The Morgan fingerprint density at radius 3 is 2.60 bits per heavy atom. The van der Waals surface area contributed by atoms with Crippen LogP contribution in [0.5, 0.6) is 0 Å². The molecular weight excluding hydrogens is 252 g/mol. The SMILES string of the molecule is [N-]=[N+]=NC1C=CC=CC1(C=Cc1ccccc1)N=[N+]=[N-]. The molecule has 6 nitrogen and oxygen atoms in total. The lowest BCUT2D eigenvalue weighted by Gasteiger charge is -2.28. The molecule has 0 fully saturated rings. The normalized spacial score (nSPS) is 24.1. The Hall–Kier alpha value is -2.94. The van der Waals surface area contributed by atoms with E-state index in [0.717, 1.165) is 5.56 Å². The Morgan fingerprint density at radius 2 is 1.90 bits per heavy atom. The smallest absolute Gasteiger partial charge is 0.0852 e. The standard InChI is InChI=1S/C14H12N6/c15-19-17-13-8-4-5-10-14(13,18-20-16)11-9-12-6-2-1-3-7-12/h1-11,13H. The van der Waals surface area contributed by atoms with Gasteiger partial charge in [-0.3, -0.25) is 0 Å². The third-order valence-electron chi connectivity index (χ3n) is 2.98. The van der Waals surface area contributed by atoms with E-state index >= 15 is 0 Å². The second-order valence-electron chi connectivity index (χ2n) is 4.21. The van der Waals surface area contributed by atoms with Gasteiger partial charge in [-0.25, -0.2) is 0 Å². The van der Waals surface area contributed by atoms with Crippen molar-refractivity contribution in [2.75, 3.05) is 0 Å². The van der Waals surface area contributed by atoms with Crippen LogP contribution in [0.25, 0.3) is 27.0 Å². The summed E-state index contributed by atoms with van der Waals surface area (Å²) >= 11 is 0. The topological polar surface area (TPSA) is 97.5 Å². The highest BCUT2D eigenvalue weighted by Crippen LogP contribution is 2.28. The summed E-state index contributed by atoms with van der Waals surface area (Å²) in [6.45, 7) is 0. The van der Waals surface area contributed by atoms with E-state index in [2.05, 4.69) is 20.1 Å². The quantitative estimate of drug-likeness (QED) is 0.433. The molecule has 0 saturated carbocycles. The van der Waals surface area contributed by atoms with Crippen molar-refractivity contribution in [1.29, 1.82) is 0 Å². The minimum atomic E-state index is -1.01. The van der Waals surface area contributed by atoms with Crippen molar-refractivity contribution in [3.63, 3.8) is 0 Å². The monoisotopic (exact) mass is 264 g/mol. The van der Waals surface area contributed by atoms with Crippen molar-refractivity contribution in [3.8, 4) is 0 Å². The molecule has 0 N–H and O–H groups in total. The molecule has 1 aromatic rings. The number of allylic oxidation sites excluding steroid dienone is 2. The molecule has 1 aliphatic rings. The zero-order chi connectivity index (χ0) is 14.3. The molecule has 1 aromatic carbocycles. The lowest BCUT2D eigenvalue weighted by Crippen LogP contribution is -2.34. The molecule has 0 spiro atoms.